The Morgan fingerprint density at radius 3 is 1.76 bits per heavy atom. The molecule has 0 aliphatic heterocycles. The summed E-state index contributed by atoms with van der Waals surface area (Å²) in [6.45, 7) is 0. The Labute approximate surface area is 294 Å². The van der Waals surface area contributed by atoms with Crippen LogP contribution in [0.5, 0.6) is 0 Å². The maximum Gasteiger partial charge on any atom is 0.0646 e. The monoisotopic (exact) mass is 653 g/mol. The van der Waals surface area contributed by atoms with Gasteiger partial charge in [0.25, 0.3) is 0 Å². The Kier molecular flexibility index (Phi) is 6.75. The predicted octanol–water partition coefficient (Wildman–Crippen LogP) is 14.3. The lowest BCUT2D eigenvalue weighted by Gasteiger charge is -2.29. The number of thiophene rings is 1. The minimum Gasteiger partial charge on any atom is -0.308 e. The van der Waals surface area contributed by atoms with Crippen LogP contribution in [0, 0.1) is 0 Å². The number of fused-ring (bicyclic) bond motifs is 7. The summed E-state index contributed by atoms with van der Waals surface area (Å²) >= 11 is 1.88. The Balaban J connectivity index is 1.26. The topological polar surface area (TPSA) is 3.24 Å². The Morgan fingerprint density at radius 1 is 0.320 bits per heavy atom. The maximum atomic E-state index is 2.50. The first kappa shape index (κ1) is 28.8. The summed E-state index contributed by atoms with van der Waals surface area (Å²) < 4.78 is 2.57. The van der Waals surface area contributed by atoms with Gasteiger partial charge in [-0.15, -0.1) is 11.3 Å². The minimum atomic E-state index is 1.12. The second-order valence-electron chi connectivity index (χ2n) is 12.9. The van der Waals surface area contributed by atoms with Crippen molar-refractivity contribution in [3.8, 4) is 22.3 Å². The van der Waals surface area contributed by atoms with Crippen molar-refractivity contribution >= 4 is 80.9 Å². The fourth-order valence-corrected chi connectivity index (χ4v) is 8.76. The average molecular weight is 654 g/mol. The van der Waals surface area contributed by atoms with E-state index in [1.807, 2.05) is 11.3 Å². The number of hydrogen-bond donors (Lipinski definition) is 0. The fourth-order valence-electron chi connectivity index (χ4n) is 7.57. The highest BCUT2D eigenvalue weighted by Crippen LogP contribution is 2.49. The average Bonchev–Trinajstić information content (AvgIpc) is 3.57. The zero-order valence-corrected chi connectivity index (χ0v) is 28.1. The Morgan fingerprint density at radius 2 is 0.940 bits per heavy atom. The third kappa shape index (κ3) is 4.76. The highest BCUT2D eigenvalue weighted by Gasteiger charge is 2.22. The molecule has 0 unspecified atom stereocenters. The molecular formula is C48H31NS. The molecule has 9 aromatic carbocycles. The third-order valence-corrected chi connectivity index (χ3v) is 11.2. The van der Waals surface area contributed by atoms with Gasteiger partial charge in [-0.2, -0.15) is 0 Å². The quantitative estimate of drug-likeness (QED) is 0.167. The summed E-state index contributed by atoms with van der Waals surface area (Å²) in [6, 6.07) is 68.8. The van der Waals surface area contributed by atoms with Gasteiger partial charge in [0.1, 0.15) is 0 Å². The Bertz CT molecular complexity index is 2870. The molecule has 0 saturated carbocycles. The molecule has 0 fully saturated rings. The largest absolute Gasteiger partial charge is 0.308 e. The van der Waals surface area contributed by atoms with Crippen molar-refractivity contribution in [3.05, 3.63) is 188 Å². The third-order valence-electron chi connectivity index (χ3n) is 10.0. The van der Waals surface area contributed by atoms with E-state index in [-0.39, 0.29) is 0 Å². The molecule has 50 heavy (non-hydrogen) atoms. The van der Waals surface area contributed by atoms with Crippen LogP contribution in [0.25, 0.3) is 74.7 Å². The number of anilines is 3. The van der Waals surface area contributed by atoms with E-state index >= 15 is 0 Å². The van der Waals surface area contributed by atoms with Gasteiger partial charge >= 0.3 is 0 Å². The fraction of sp³-hybridized carbons (Fsp3) is 0. The molecule has 1 heterocycles. The molecule has 0 N–H and O–H groups in total. The second kappa shape index (κ2) is 11.7. The van der Waals surface area contributed by atoms with Gasteiger partial charge < -0.3 is 4.90 Å². The number of rotatable bonds is 5. The van der Waals surface area contributed by atoms with Gasteiger partial charge in [0.05, 0.1) is 16.1 Å². The molecular weight excluding hydrogens is 623 g/mol. The van der Waals surface area contributed by atoms with E-state index in [0.29, 0.717) is 0 Å². The van der Waals surface area contributed by atoms with Crippen molar-refractivity contribution in [2.75, 3.05) is 4.90 Å². The molecule has 0 amide bonds. The number of nitrogens with zero attached hydrogens (tertiary/aromatic N) is 1. The van der Waals surface area contributed by atoms with Crippen LogP contribution in [0.4, 0.5) is 17.1 Å². The molecule has 0 radical (unpaired) electrons. The van der Waals surface area contributed by atoms with E-state index in [4.69, 9.17) is 0 Å². The summed E-state index contributed by atoms with van der Waals surface area (Å²) in [4.78, 5) is 2.50. The summed E-state index contributed by atoms with van der Waals surface area (Å²) in [6.07, 6.45) is 0. The molecule has 1 nitrogen and oxygen atoms in total. The minimum absolute atomic E-state index is 1.12. The van der Waals surface area contributed by atoms with Gasteiger partial charge in [0.15, 0.2) is 0 Å². The van der Waals surface area contributed by atoms with Crippen molar-refractivity contribution in [2.24, 2.45) is 0 Å². The van der Waals surface area contributed by atoms with Crippen LogP contribution in [-0.2, 0) is 0 Å². The van der Waals surface area contributed by atoms with Crippen molar-refractivity contribution in [3.63, 3.8) is 0 Å². The highest BCUT2D eigenvalue weighted by molar-refractivity contribution is 7.26. The van der Waals surface area contributed by atoms with E-state index in [2.05, 4.69) is 193 Å². The van der Waals surface area contributed by atoms with Gasteiger partial charge in [-0.05, 0) is 91.6 Å². The van der Waals surface area contributed by atoms with Crippen LogP contribution in [-0.4, -0.2) is 0 Å². The van der Waals surface area contributed by atoms with E-state index < -0.39 is 0 Å². The standard InChI is InChI=1S/C48H31NS/c1-2-12-32(13-3-1)38-29-44-43-20-10-11-21-47(43)50-48(44)46(31-38)49(45-30-37-16-6-7-17-40(37)41-18-8-9-19-42(41)45)39-26-24-34(25-27-39)36-23-22-33-14-4-5-15-35(33)28-36/h1-31H. The first-order chi connectivity index (χ1) is 24.8. The van der Waals surface area contributed by atoms with Gasteiger partial charge in [0.2, 0.25) is 0 Å². The van der Waals surface area contributed by atoms with Crippen molar-refractivity contribution in [1.29, 1.82) is 0 Å². The number of benzene rings is 9. The zero-order chi connectivity index (χ0) is 33.0. The van der Waals surface area contributed by atoms with Crippen molar-refractivity contribution in [2.45, 2.75) is 0 Å². The van der Waals surface area contributed by atoms with E-state index in [1.165, 1.54) is 86.1 Å². The zero-order valence-electron chi connectivity index (χ0n) is 27.3. The highest BCUT2D eigenvalue weighted by atomic mass is 32.1. The lowest BCUT2D eigenvalue weighted by molar-refractivity contribution is 1.32. The van der Waals surface area contributed by atoms with Gasteiger partial charge in [-0.1, -0.05) is 146 Å². The number of hydrogen-bond acceptors (Lipinski definition) is 2. The van der Waals surface area contributed by atoms with E-state index in [1.54, 1.807) is 0 Å². The molecule has 10 rings (SSSR count). The van der Waals surface area contributed by atoms with E-state index in [9.17, 15) is 0 Å². The second-order valence-corrected chi connectivity index (χ2v) is 14.0. The van der Waals surface area contributed by atoms with Crippen LogP contribution < -0.4 is 4.90 Å². The van der Waals surface area contributed by atoms with Gasteiger partial charge in [0, 0.05) is 26.5 Å². The van der Waals surface area contributed by atoms with Crippen LogP contribution in [0.1, 0.15) is 0 Å². The predicted molar refractivity (Wildman–Crippen MR) is 217 cm³/mol. The summed E-state index contributed by atoms with van der Waals surface area (Å²) in [5.41, 5.74) is 8.31. The Hall–Kier alpha value is -6.22. The molecule has 0 aliphatic rings. The van der Waals surface area contributed by atoms with Gasteiger partial charge in [-0.25, -0.2) is 0 Å². The molecule has 1 aromatic heterocycles. The first-order valence-corrected chi connectivity index (χ1v) is 17.9. The molecule has 0 spiro atoms. The molecule has 0 atom stereocenters. The lowest BCUT2D eigenvalue weighted by atomic mass is 9.97. The molecule has 234 valence electrons. The normalized spacial score (nSPS) is 11.6. The molecule has 0 aliphatic carbocycles. The van der Waals surface area contributed by atoms with Crippen molar-refractivity contribution in [1.82, 2.24) is 0 Å². The smallest absolute Gasteiger partial charge is 0.0646 e. The van der Waals surface area contributed by atoms with E-state index in [0.717, 1.165) is 5.69 Å². The maximum absolute atomic E-state index is 2.50. The molecule has 10 aromatic rings. The van der Waals surface area contributed by atoms with Crippen LogP contribution in [0.3, 0.4) is 0 Å². The van der Waals surface area contributed by atoms with Crippen LogP contribution >= 0.6 is 11.3 Å². The first-order valence-electron chi connectivity index (χ1n) is 17.1. The molecule has 0 bridgehead atoms. The SMILES string of the molecule is c1ccc(-c2cc(N(c3ccc(-c4ccc5ccccc5c4)cc3)c3cc4ccccc4c4ccccc34)c3sc4ccccc4c3c2)cc1. The molecule has 2 heteroatoms. The molecule has 0 saturated heterocycles. The van der Waals surface area contributed by atoms with Crippen molar-refractivity contribution < 1.29 is 0 Å². The summed E-state index contributed by atoms with van der Waals surface area (Å²) in [5.74, 6) is 0. The summed E-state index contributed by atoms with van der Waals surface area (Å²) in [7, 11) is 0. The van der Waals surface area contributed by atoms with Gasteiger partial charge in [-0.3, -0.25) is 0 Å². The summed E-state index contributed by atoms with van der Waals surface area (Å²) in [5, 5.41) is 10.1. The van der Waals surface area contributed by atoms with Crippen LogP contribution in [0.2, 0.25) is 0 Å². The lowest BCUT2D eigenvalue weighted by Crippen LogP contribution is -2.11. The van der Waals surface area contributed by atoms with Crippen LogP contribution in [0.15, 0.2) is 188 Å².